The predicted octanol–water partition coefficient (Wildman–Crippen LogP) is 2.89. The van der Waals surface area contributed by atoms with E-state index in [1.807, 2.05) is 11.9 Å². The fourth-order valence-corrected chi connectivity index (χ4v) is 4.78. The van der Waals surface area contributed by atoms with Crippen LogP contribution in [0, 0.1) is 5.92 Å². The SMILES string of the molecule is COc1cc(N2CCN(CCC3CCCCC3)CC2)ccc1N(C)CCC(=O)NC=O. The number of piperazine rings is 1. The van der Waals surface area contributed by atoms with Gasteiger partial charge in [-0.1, -0.05) is 32.1 Å². The Kier molecular flexibility index (Phi) is 9.00. The summed E-state index contributed by atoms with van der Waals surface area (Å²) < 4.78 is 5.64. The number of methoxy groups -OCH3 is 1. The average molecular weight is 431 g/mol. The van der Waals surface area contributed by atoms with Gasteiger partial charge in [0.15, 0.2) is 0 Å². The maximum absolute atomic E-state index is 11.5. The molecule has 1 aliphatic heterocycles. The number of nitrogens with one attached hydrogen (secondary N) is 1. The molecule has 1 aromatic rings. The lowest BCUT2D eigenvalue weighted by Crippen LogP contribution is -2.46. The summed E-state index contributed by atoms with van der Waals surface area (Å²) in [6.07, 6.45) is 9.19. The zero-order valence-electron chi connectivity index (χ0n) is 19.1. The Labute approximate surface area is 186 Å². The number of rotatable bonds is 10. The molecule has 0 unspecified atom stereocenters. The van der Waals surface area contributed by atoms with Crippen molar-refractivity contribution < 1.29 is 14.3 Å². The van der Waals surface area contributed by atoms with Crippen LogP contribution in [0.15, 0.2) is 18.2 Å². The molecule has 1 heterocycles. The predicted molar refractivity (Wildman–Crippen MR) is 125 cm³/mol. The number of nitrogens with zero attached hydrogens (tertiary/aromatic N) is 3. The van der Waals surface area contributed by atoms with Crippen molar-refractivity contribution >= 4 is 23.7 Å². The second-order valence-electron chi connectivity index (χ2n) is 8.83. The third kappa shape index (κ3) is 6.86. The van der Waals surface area contributed by atoms with Crippen molar-refractivity contribution in [3.8, 4) is 5.75 Å². The Morgan fingerprint density at radius 2 is 1.94 bits per heavy atom. The van der Waals surface area contributed by atoms with E-state index in [1.54, 1.807) is 7.11 Å². The molecule has 1 saturated heterocycles. The first-order valence-corrected chi connectivity index (χ1v) is 11.7. The molecular formula is C24H38N4O3. The molecular weight excluding hydrogens is 392 g/mol. The highest BCUT2D eigenvalue weighted by molar-refractivity contribution is 5.86. The van der Waals surface area contributed by atoms with E-state index in [2.05, 4.69) is 33.3 Å². The second kappa shape index (κ2) is 11.9. The number of benzene rings is 1. The van der Waals surface area contributed by atoms with E-state index in [0.717, 1.165) is 43.5 Å². The molecule has 1 aliphatic carbocycles. The molecule has 7 nitrogen and oxygen atoms in total. The molecule has 172 valence electrons. The van der Waals surface area contributed by atoms with Crippen molar-refractivity contribution in [3.63, 3.8) is 0 Å². The Balaban J connectivity index is 1.50. The molecule has 1 aromatic carbocycles. The van der Waals surface area contributed by atoms with Crippen LogP contribution in [0.4, 0.5) is 11.4 Å². The number of carbonyl (C=O) groups excluding carboxylic acids is 2. The van der Waals surface area contributed by atoms with Gasteiger partial charge in [0.25, 0.3) is 0 Å². The summed E-state index contributed by atoms with van der Waals surface area (Å²) in [7, 11) is 3.61. The van der Waals surface area contributed by atoms with Crippen LogP contribution in [-0.2, 0) is 9.59 Å². The van der Waals surface area contributed by atoms with Crippen LogP contribution in [0.2, 0.25) is 0 Å². The highest BCUT2D eigenvalue weighted by atomic mass is 16.5. The maximum atomic E-state index is 11.5. The molecule has 1 saturated carbocycles. The van der Waals surface area contributed by atoms with Crippen molar-refractivity contribution in [2.75, 3.05) is 63.2 Å². The standard InChI is InChI=1S/C24H38N4O3/c1-26(12-11-24(30)25-19-29)22-9-8-21(18-23(22)31-2)28-16-14-27(15-17-28)13-10-20-6-4-3-5-7-20/h8-9,18-20H,3-7,10-17H2,1-2H3,(H,25,29,30). The number of imide groups is 1. The summed E-state index contributed by atoms with van der Waals surface area (Å²) in [5, 5.41) is 2.18. The van der Waals surface area contributed by atoms with Gasteiger partial charge < -0.3 is 14.5 Å². The number of ether oxygens (including phenoxy) is 1. The highest BCUT2D eigenvalue weighted by Gasteiger charge is 2.21. The van der Waals surface area contributed by atoms with E-state index in [1.165, 1.54) is 50.8 Å². The van der Waals surface area contributed by atoms with Gasteiger partial charge in [0.1, 0.15) is 5.75 Å². The molecule has 0 aromatic heterocycles. The summed E-state index contributed by atoms with van der Waals surface area (Å²) >= 11 is 0. The van der Waals surface area contributed by atoms with Crippen LogP contribution in [0.1, 0.15) is 44.9 Å². The smallest absolute Gasteiger partial charge is 0.228 e. The summed E-state index contributed by atoms with van der Waals surface area (Å²) in [6.45, 7) is 6.05. The maximum Gasteiger partial charge on any atom is 0.228 e. The molecule has 0 spiro atoms. The molecule has 0 radical (unpaired) electrons. The van der Waals surface area contributed by atoms with Crippen LogP contribution in [-0.4, -0.2) is 70.6 Å². The first-order valence-electron chi connectivity index (χ1n) is 11.7. The van der Waals surface area contributed by atoms with E-state index in [4.69, 9.17) is 4.74 Å². The average Bonchev–Trinajstić information content (AvgIpc) is 2.82. The number of amides is 2. The normalized spacial score (nSPS) is 17.9. The minimum absolute atomic E-state index is 0.253. The van der Waals surface area contributed by atoms with E-state index in [0.29, 0.717) is 13.0 Å². The number of anilines is 2. The number of carbonyl (C=O) groups is 2. The minimum atomic E-state index is -0.279. The van der Waals surface area contributed by atoms with Crippen molar-refractivity contribution in [2.45, 2.75) is 44.9 Å². The number of hydrogen-bond donors (Lipinski definition) is 1. The Bertz CT molecular complexity index is 713. The van der Waals surface area contributed by atoms with Gasteiger partial charge in [-0.15, -0.1) is 0 Å². The fraction of sp³-hybridized carbons (Fsp3) is 0.667. The van der Waals surface area contributed by atoms with E-state index in [9.17, 15) is 9.59 Å². The number of hydrogen-bond acceptors (Lipinski definition) is 6. The van der Waals surface area contributed by atoms with E-state index < -0.39 is 0 Å². The lowest BCUT2D eigenvalue weighted by molar-refractivity contribution is -0.125. The van der Waals surface area contributed by atoms with Gasteiger partial charge in [0, 0.05) is 57.9 Å². The first kappa shape index (κ1) is 23.4. The largest absolute Gasteiger partial charge is 0.495 e. The summed E-state index contributed by atoms with van der Waals surface area (Å²) in [5.74, 6) is 1.47. The third-order valence-electron chi connectivity index (χ3n) is 6.78. The van der Waals surface area contributed by atoms with Crippen molar-refractivity contribution in [1.82, 2.24) is 10.2 Å². The van der Waals surface area contributed by atoms with Crippen molar-refractivity contribution in [2.24, 2.45) is 5.92 Å². The third-order valence-corrected chi connectivity index (χ3v) is 6.78. The quantitative estimate of drug-likeness (QED) is 0.576. The summed E-state index contributed by atoms with van der Waals surface area (Å²) in [5.41, 5.74) is 2.12. The monoisotopic (exact) mass is 430 g/mol. The molecule has 1 N–H and O–H groups in total. The van der Waals surface area contributed by atoms with E-state index in [-0.39, 0.29) is 12.3 Å². The zero-order valence-corrected chi connectivity index (χ0v) is 19.1. The van der Waals surface area contributed by atoms with Crippen LogP contribution in [0.5, 0.6) is 5.75 Å². The molecule has 3 rings (SSSR count). The topological polar surface area (TPSA) is 65.1 Å². The van der Waals surface area contributed by atoms with Crippen LogP contribution < -0.4 is 19.9 Å². The second-order valence-corrected chi connectivity index (χ2v) is 8.83. The van der Waals surface area contributed by atoms with Gasteiger partial charge in [-0.05, 0) is 31.0 Å². The summed E-state index contributed by atoms with van der Waals surface area (Å²) in [4.78, 5) is 29.0. The van der Waals surface area contributed by atoms with Gasteiger partial charge in [0.05, 0.1) is 12.8 Å². The molecule has 31 heavy (non-hydrogen) atoms. The van der Waals surface area contributed by atoms with Crippen LogP contribution in [0.25, 0.3) is 0 Å². The lowest BCUT2D eigenvalue weighted by Gasteiger charge is -2.37. The fourth-order valence-electron chi connectivity index (χ4n) is 4.78. The Morgan fingerprint density at radius 1 is 1.19 bits per heavy atom. The molecule has 2 fully saturated rings. The first-order chi connectivity index (χ1) is 15.1. The summed E-state index contributed by atoms with van der Waals surface area (Å²) in [6, 6.07) is 6.29. The highest BCUT2D eigenvalue weighted by Crippen LogP contribution is 2.33. The van der Waals surface area contributed by atoms with Gasteiger partial charge in [-0.2, -0.15) is 0 Å². The zero-order chi connectivity index (χ0) is 22.1. The molecule has 0 atom stereocenters. The van der Waals surface area contributed by atoms with Gasteiger partial charge in [-0.25, -0.2) is 0 Å². The Hall–Kier alpha value is -2.28. The molecule has 7 heteroatoms. The van der Waals surface area contributed by atoms with Crippen molar-refractivity contribution in [3.05, 3.63) is 18.2 Å². The lowest BCUT2D eigenvalue weighted by atomic mass is 9.87. The molecule has 2 aliphatic rings. The van der Waals surface area contributed by atoms with Gasteiger partial charge >= 0.3 is 0 Å². The van der Waals surface area contributed by atoms with Gasteiger partial charge in [0.2, 0.25) is 12.3 Å². The van der Waals surface area contributed by atoms with E-state index >= 15 is 0 Å². The minimum Gasteiger partial charge on any atom is -0.495 e. The Morgan fingerprint density at radius 3 is 2.61 bits per heavy atom. The van der Waals surface area contributed by atoms with Gasteiger partial charge in [-0.3, -0.25) is 19.8 Å². The molecule has 0 bridgehead atoms. The van der Waals surface area contributed by atoms with Crippen molar-refractivity contribution in [1.29, 1.82) is 0 Å². The van der Waals surface area contributed by atoms with Crippen LogP contribution in [0.3, 0.4) is 0 Å². The van der Waals surface area contributed by atoms with Crippen LogP contribution >= 0.6 is 0 Å². The molecule has 2 amide bonds.